The number of carbonyl (C=O) groups excluding carboxylic acids is 1. The molecule has 0 saturated heterocycles. The third-order valence-electron chi connectivity index (χ3n) is 2.68. The molecule has 94 valence electrons. The number of halogens is 1. The Morgan fingerprint density at radius 2 is 2.17 bits per heavy atom. The summed E-state index contributed by atoms with van der Waals surface area (Å²) in [5, 5.41) is 16.2. The van der Waals surface area contributed by atoms with Crippen LogP contribution in [0.1, 0.15) is 18.4 Å². The molecule has 0 spiro atoms. The van der Waals surface area contributed by atoms with Crippen molar-refractivity contribution in [1.82, 2.24) is 5.01 Å². The van der Waals surface area contributed by atoms with Crippen LogP contribution in [-0.2, 0) is 4.79 Å². The molecule has 1 aliphatic rings. The molecule has 1 aromatic rings. The van der Waals surface area contributed by atoms with Crippen LogP contribution in [0.15, 0.2) is 23.3 Å². The first-order valence-corrected chi connectivity index (χ1v) is 5.65. The lowest BCUT2D eigenvalue weighted by Crippen LogP contribution is -2.28. The van der Waals surface area contributed by atoms with Crippen molar-refractivity contribution in [2.75, 3.05) is 7.05 Å². The van der Waals surface area contributed by atoms with E-state index in [9.17, 15) is 14.9 Å². The minimum absolute atomic E-state index is 0.0674. The first-order chi connectivity index (χ1) is 8.49. The lowest BCUT2D eigenvalue weighted by Gasteiger charge is -2.19. The molecule has 0 atom stereocenters. The second-order valence-electron chi connectivity index (χ2n) is 3.89. The van der Waals surface area contributed by atoms with E-state index < -0.39 is 4.92 Å². The molecule has 0 aliphatic carbocycles. The van der Waals surface area contributed by atoms with Gasteiger partial charge in [0.2, 0.25) is 5.91 Å². The maximum absolute atomic E-state index is 11.3. The van der Waals surface area contributed by atoms with Crippen LogP contribution in [-0.4, -0.2) is 28.6 Å². The smallest absolute Gasteiger partial charge is 0.273 e. The number of nitrogens with zero attached hydrogens (tertiary/aromatic N) is 3. The number of hydrazone groups is 1. The van der Waals surface area contributed by atoms with Gasteiger partial charge in [0.1, 0.15) is 5.02 Å². The summed E-state index contributed by atoms with van der Waals surface area (Å²) in [5.74, 6) is -0.0674. The van der Waals surface area contributed by atoms with Gasteiger partial charge in [0.25, 0.3) is 5.69 Å². The molecule has 0 unspecified atom stereocenters. The Hall–Kier alpha value is -1.95. The first kappa shape index (κ1) is 12.5. The Morgan fingerprint density at radius 1 is 1.44 bits per heavy atom. The standard InChI is InChI=1S/C11H10ClN3O3/c1-14-11(16)5-4-9(13-14)7-2-3-8(12)10(6-7)15(17)18/h2-3,6H,4-5H2,1H3. The van der Waals surface area contributed by atoms with Crippen LogP contribution >= 0.6 is 11.6 Å². The first-order valence-electron chi connectivity index (χ1n) is 5.27. The molecule has 0 fully saturated rings. The molecular formula is C11H10ClN3O3. The van der Waals surface area contributed by atoms with E-state index >= 15 is 0 Å². The number of nitro groups is 1. The lowest BCUT2D eigenvalue weighted by atomic mass is 10.0. The number of rotatable bonds is 2. The zero-order chi connectivity index (χ0) is 13.3. The van der Waals surface area contributed by atoms with Gasteiger partial charge in [-0.05, 0) is 6.07 Å². The van der Waals surface area contributed by atoms with Gasteiger partial charge in [0.05, 0.1) is 10.6 Å². The summed E-state index contributed by atoms with van der Waals surface area (Å²) in [7, 11) is 1.56. The van der Waals surface area contributed by atoms with Crippen molar-refractivity contribution >= 4 is 28.9 Å². The Kier molecular flexibility index (Phi) is 3.29. The molecule has 18 heavy (non-hydrogen) atoms. The van der Waals surface area contributed by atoms with E-state index in [0.29, 0.717) is 24.1 Å². The van der Waals surface area contributed by atoms with Crippen molar-refractivity contribution < 1.29 is 9.72 Å². The molecule has 7 heteroatoms. The van der Waals surface area contributed by atoms with E-state index in [-0.39, 0.29) is 16.6 Å². The van der Waals surface area contributed by atoms with Crippen molar-refractivity contribution in [1.29, 1.82) is 0 Å². The van der Waals surface area contributed by atoms with E-state index in [1.807, 2.05) is 0 Å². The van der Waals surface area contributed by atoms with Crippen LogP contribution in [0.2, 0.25) is 5.02 Å². The van der Waals surface area contributed by atoms with Crippen LogP contribution in [0.25, 0.3) is 0 Å². The molecule has 0 bridgehead atoms. The molecule has 1 aromatic carbocycles. The quantitative estimate of drug-likeness (QED) is 0.609. The van der Waals surface area contributed by atoms with Crippen LogP contribution in [0.5, 0.6) is 0 Å². The van der Waals surface area contributed by atoms with Gasteiger partial charge in [-0.3, -0.25) is 14.9 Å². The molecule has 1 amide bonds. The molecular weight excluding hydrogens is 258 g/mol. The van der Waals surface area contributed by atoms with Crippen molar-refractivity contribution in [3.05, 3.63) is 38.9 Å². The predicted octanol–water partition coefficient (Wildman–Crippen LogP) is 2.20. The van der Waals surface area contributed by atoms with Crippen molar-refractivity contribution in [3.63, 3.8) is 0 Å². The van der Waals surface area contributed by atoms with Crippen LogP contribution in [0.3, 0.4) is 0 Å². The van der Waals surface area contributed by atoms with Crippen molar-refractivity contribution in [2.45, 2.75) is 12.8 Å². The zero-order valence-electron chi connectivity index (χ0n) is 9.59. The Morgan fingerprint density at radius 3 is 2.78 bits per heavy atom. The fraction of sp³-hybridized carbons (Fsp3) is 0.273. The summed E-state index contributed by atoms with van der Waals surface area (Å²) in [6.45, 7) is 0. The Bertz CT molecular complexity index is 556. The van der Waals surface area contributed by atoms with Gasteiger partial charge < -0.3 is 0 Å². The zero-order valence-corrected chi connectivity index (χ0v) is 10.3. The van der Waals surface area contributed by atoms with Crippen LogP contribution in [0.4, 0.5) is 5.69 Å². The highest BCUT2D eigenvalue weighted by Crippen LogP contribution is 2.26. The van der Waals surface area contributed by atoms with Gasteiger partial charge in [0.15, 0.2) is 0 Å². The Balaban J connectivity index is 2.41. The van der Waals surface area contributed by atoms with Crippen molar-refractivity contribution in [2.24, 2.45) is 5.10 Å². The maximum atomic E-state index is 11.3. The minimum Gasteiger partial charge on any atom is -0.273 e. The summed E-state index contributed by atoms with van der Waals surface area (Å²) in [6, 6.07) is 4.51. The highest BCUT2D eigenvalue weighted by Gasteiger charge is 2.20. The van der Waals surface area contributed by atoms with Gasteiger partial charge in [0, 0.05) is 31.5 Å². The van der Waals surface area contributed by atoms with Crippen LogP contribution < -0.4 is 0 Å². The third-order valence-corrected chi connectivity index (χ3v) is 3.00. The second kappa shape index (κ2) is 4.73. The molecule has 6 nitrogen and oxygen atoms in total. The number of hydrogen-bond acceptors (Lipinski definition) is 4. The molecule has 0 saturated carbocycles. The molecule has 2 rings (SSSR count). The van der Waals surface area contributed by atoms with Gasteiger partial charge in [-0.1, -0.05) is 17.7 Å². The fourth-order valence-electron chi connectivity index (χ4n) is 1.71. The van der Waals surface area contributed by atoms with E-state index in [1.54, 1.807) is 13.1 Å². The normalized spacial score (nSPS) is 15.6. The van der Waals surface area contributed by atoms with E-state index in [1.165, 1.54) is 17.1 Å². The predicted molar refractivity (Wildman–Crippen MR) is 66.6 cm³/mol. The van der Waals surface area contributed by atoms with E-state index in [2.05, 4.69) is 5.10 Å². The summed E-state index contributed by atoms with van der Waals surface area (Å²) in [5.41, 5.74) is 1.11. The fourth-order valence-corrected chi connectivity index (χ4v) is 1.89. The number of benzene rings is 1. The molecule has 0 radical (unpaired) electrons. The van der Waals surface area contributed by atoms with E-state index in [4.69, 9.17) is 11.6 Å². The molecule has 0 aromatic heterocycles. The van der Waals surface area contributed by atoms with Gasteiger partial charge >= 0.3 is 0 Å². The average molecular weight is 268 g/mol. The number of nitro benzene ring substituents is 1. The Labute approximate surface area is 108 Å². The topological polar surface area (TPSA) is 75.8 Å². The molecule has 1 heterocycles. The summed E-state index contributed by atoms with van der Waals surface area (Å²) < 4.78 is 0. The second-order valence-corrected chi connectivity index (χ2v) is 4.29. The van der Waals surface area contributed by atoms with Crippen molar-refractivity contribution in [3.8, 4) is 0 Å². The highest BCUT2D eigenvalue weighted by atomic mass is 35.5. The van der Waals surface area contributed by atoms with E-state index in [0.717, 1.165) is 0 Å². The minimum atomic E-state index is -0.538. The summed E-state index contributed by atoms with van der Waals surface area (Å²) >= 11 is 5.74. The van der Waals surface area contributed by atoms with Gasteiger partial charge in [-0.15, -0.1) is 0 Å². The summed E-state index contributed by atoms with van der Waals surface area (Å²) in [6.07, 6.45) is 0.827. The largest absolute Gasteiger partial charge is 0.288 e. The average Bonchev–Trinajstić information content (AvgIpc) is 2.33. The van der Waals surface area contributed by atoms with Gasteiger partial charge in [-0.2, -0.15) is 5.10 Å². The lowest BCUT2D eigenvalue weighted by molar-refractivity contribution is -0.384. The summed E-state index contributed by atoms with van der Waals surface area (Å²) in [4.78, 5) is 21.5. The SMILES string of the molecule is CN1N=C(c2ccc(Cl)c([N+](=O)[O-])c2)CCC1=O. The van der Waals surface area contributed by atoms with Crippen LogP contribution in [0, 0.1) is 10.1 Å². The monoisotopic (exact) mass is 267 g/mol. The van der Waals surface area contributed by atoms with Gasteiger partial charge in [-0.25, -0.2) is 5.01 Å². The highest BCUT2D eigenvalue weighted by molar-refractivity contribution is 6.32. The number of amides is 1. The molecule has 0 N–H and O–H groups in total. The number of hydrogen-bond donors (Lipinski definition) is 0. The third kappa shape index (κ3) is 2.33. The number of carbonyl (C=O) groups is 1. The maximum Gasteiger partial charge on any atom is 0.288 e. The molecule has 1 aliphatic heterocycles.